The Kier molecular flexibility index (Phi) is 35.5. The predicted octanol–water partition coefficient (Wildman–Crippen LogP) is 26.2. The maximum atomic E-state index is 2.31. The third-order valence-electron chi connectivity index (χ3n) is 17.9. The van der Waals surface area contributed by atoms with Crippen LogP contribution in [0.5, 0.6) is 0 Å². The summed E-state index contributed by atoms with van der Waals surface area (Å²) in [6, 6.07) is 31.4. The Bertz CT molecular complexity index is 4250. The van der Waals surface area contributed by atoms with E-state index in [-0.39, 0.29) is 5.41 Å². The highest BCUT2D eigenvalue weighted by molar-refractivity contribution is 5.90. The average Bonchev–Trinajstić information content (AvgIpc) is 1.56. The van der Waals surface area contributed by atoms with Gasteiger partial charge in [0, 0.05) is 112 Å². The zero-order chi connectivity index (χ0) is 72.6. The zero-order valence-electron chi connectivity index (χ0n) is 67.0. The van der Waals surface area contributed by atoms with Gasteiger partial charge in [-0.15, -0.1) is 0 Å². The van der Waals surface area contributed by atoms with Gasteiger partial charge in [-0.1, -0.05) is 149 Å². The van der Waals surface area contributed by atoms with Crippen molar-refractivity contribution in [2.75, 3.05) is 0 Å². The number of aromatic nitrogens is 6. The summed E-state index contributed by atoms with van der Waals surface area (Å²) in [5.74, 6) is 0.610. The van der Waals surface area contributed by atoms with E-state index in [0.717, 1.165) is 6.42 Å². The molecule has 0 amide bonds. The Morgan fingerprint density at radius 3 is 1.09 bits per heavy atom. The first kappa shape index (κ1) is 84.6. The van der Waals surface area contributed by atoms with Gasteiger partial charge < -0.3 is 27.4 Å². The number of rotatable bonds is 2. The highest BCUT2D eigenvalue weighted by Crippen LogP contribution is 2.32. The van der Waals surface area contributed by atoms with Crippen molar-refractivity contribution in [1.82, 2.24) is 27.4 Å². The lowest BCUT2D eigenvalue weighted by Gasteiger charge is -2.20. The molecule has 6 nitrogen and oxygen atoms in total. The third kappa shape index (κ3) is 20.3. The first-order valence-corrected chi connectivity index (χ1v) is 35.7. The molecule has 12 rings (SSSR count). The molecule has 6 aromatic carbocycles. The first-order chi connectivity index (χ1) is 44.5. The van der Waals surface area contributed by atoms with Crippen molar-refractivity contribution in [2.24, 2.45) is 42.3 Å². The molecular weight excluding hydrogens is 1140 g/mol. The zero-order valence-corrected chi connectivity index (χ0v) is 67.0. The summed E-state index contributed by atoms with van der Waals surface area (Å²) < 4.78 is 13.2. The van der Waals surface area contributed by atoms with Crippen LogP contribution in [-0.4, -0.2) is 27.4 Å². The topological polar surface area (TPSA) is 29.6 Å². The van der Waals surface area contributed by atoms with Crippen molar-refractivity contribution >= 4 is 65.4 Å². The molecular formula is C88H134N6. The summed E-state index contributed by atoms with van der Waals surface area (Å²) in [7, 11) is 12.6. The fourth-order valence-corrected chi connectivity index (χ4v) is 12.3. The Morgan fingerprint density at radius 2 is 0.638 bits per heavy atom. The molecule has 12 aromatic rings. The molecule has 0 saturated heterocycles. The van der Waals surface area contributed by atoms with E-state index < -0.39 is 0 Å². The molecule has 0 aliphatic rings. The molecule has 0 spiro atoms. The molecule has 516 valence electrons. The van der Waals surface area contributed by atoms with Crippen LogP contribution in [0, 0.1) is 90.0 Å². The third-order valence-corrected chi connectivity index (χ3v) is 17.9. The first-order valence-electron chi connectivity index (χ1n) is 35.7. The largest absolute Gasteiger partial charge is 0.350 e. The number of hydrogen-bond donors (Lipinski definition) is 0. The second-order valence-corrected chi connectivity index (χ2v) is 25.2. The minimum Gasteiger partial charge on any atom is -0.350 e. The van der Waals surface area contributed by atoms with E-state index in [4.69, 9.17) is 0 Å². The van der Waals surface area contributed by atoms with Crippen LogP contribution in [0.1, 0.15) is 220 Å². The molecule has 0 aliphatic heterocycles. The molecule has 94 heavy (non-hydrogen) atoms. The highest BCUT2D eigenvalue weighted by Gasteiger charge is 2.17. The summed E-state index contributed by atoms with van der Waals surface area (Å²) in [6.45, 7) is 66.0. The molecule has 0 bridgehead atoms. The molecule has 6 heterocycles. The Balaban J connectivity index is 0.000000546. The molecule has 0 fully saturated rings. The van der Waals surface area contributed by atoms with Gasteiger partial charge in [0.15, 0.2) is 0 Å². The van der Waals surface area contributed by atoms with Gasteiger partial charge in [-0.25, -0.2) is 0 Å². The van der Waals surface area contributed by atoms with Crippen molar-refractivity contribution in [3.8, 4) is 0 Å². The normalized spacial score (nSPS) is 10.3. The SMILES string of the molecule is CC.CC.CC.CC.CC.CC.CCc1cc(C)c2c(ccn2C)c1.Cc1c(C)c(C)c2c(ccn2C)c1C.Cc1cc(C(C)(C)C)cc2ccn(C)c12.Cc1cc(C(C)C)cc2ccn(C)c12.Cc1cc(C)c2ccn(C)c2c1C.Cc1cc2ccn(C)c2c(C)c1C. The van der Waals surface area contributed by atoms with E-state index in [0.29, 0.717) is 5.92 Å². The molecule has 0 saturated carbocycles. The number of hydrogen-bond acceptors (Lipinski definition) is 0. The van der Waals surface area contributed by atoms with E-state index in [9.17, 15) is 0 Å². The molecule has 0 radical (unpaired) electrons. The minimum absolute atomic E-state index is 0.231. The fourth-order valence-electron chi connectivity index (χ4n) is 12.3. The molecule has 6 heteroatoms. The van der Waals surface area contributed by atoms with Gasteiger partial charge in [0.05, 0.1) is 33.1 Å². The molecule has 0 N–H and O–H groups in total. The monoisotopic (exact) mass is 1280 g/mol. The van der Waals surface area contributed by atoms with E-state index in [1.54, 1.807) is 0 Å². The number of fused-ring (bicyclic) bond motifs is 6. The van der Waals surface area contributed by atoms with Gasteiger partial charge in [-0.3, -0.25) is 0 Å². The summed E-state index contributed by atoms with van der Waals surface area (Å²) in [5, 5.41) is 8.19. The molecule has 0 atom stereocenters. The quantitative estimate of drug-likeness (QED) is 0.165. The predicted molar refractivity (Wildman–Crippen MR) is 429 cm³/mol. The Hall–Kier alpha value is -7.44. The van der Waals surface area contributed by atoms with Crippen molar-refractivity contribution in [1.29, 1.82) is 0 Å². The van der Waals surface area contributed by atoms with Crippen LogP contribution in [-0.2, 0) is 54.1 Å². The van der Waals surface area contributed by atoms with Crippen molar-refractivity contribution in [2.45, 2.75) is 232 Å². The van der Waals surface area contributed by atoms with Gasteiger partial charge >= 0.3 is 0 Å². The van der Waals surface area contributed by atoms with Crippen LogP contribution < -0.4 is 0 Å². The maximum Gasteiger partial charge on any atom is 0.0512 e. The lowest BCUT2D eigenvalue weighted by molar-refractivity contribution is 0.590. The van der Waals surface area contributed by atoms with Crippen LogP contribution in [0.25, 0.3) is 65.4 Å². The minimum atomic E-state index is 0.231. The van der Waals surface area contributed by atoms with Gasteiger partial charge in [-0.2, -0.15) is 0 Å². The van der Waals surface area contributed by atoms with Gasteiger partial charge in [0.25, 0.3) is 0 Å². The highest BCUT2D eigenvalue weighted by atomic mass is 14.9. The molecule has 0 aliphatic carbocycles. The van der Waals surface area contributed by atoms with E-state index >= 15 is 0 Å². The van der Waals surface area contributed by atoms with Gasteiger partial charge in [0.1, 0.15) is 0 Å². The van der Waals surface area contributed by atoms with Crippen LogP contribution in [0.2, 0.25) is 0 Å². The van der Waals surface area contributed by atoms with Crippen molar-refractivity contribution < 1.29 is 0 Å². The van der Waals surface area contributed by atoms with E-state index in [2.05, 4.69) is 323 Å². The second-order valence-electron chi connectivity index (χ2n) is 25.2. The lowest BCUT2D eigenvalue weighted by Crippen LogP contribution is -2.11. The standard InChI is InChI=1S/C14H19N.2C13H17N.3C12H15N.6C2H6/c1-10-8-12(14(2,3)4)9-11-6-7-15(5)13(10)11;1-8-9(2)11(4)13-12(10(8)3)6-7-14(13)5;1-9(2)12-7-10(3)13-11(8-12)5-6-14(13)4;1-8-7-11-5-6-13(4)12(11)10(3)9(8)2;1-8-7-9(2)11-5-6-13(4)12(11)10(8)3;1-4-10-7-9(2)12-11(8-10)5-6-13(12)3;6*1-2/h6-9H,1-5H3;6-7H,1-5H3;5-9H,1-4H3;2*5-7H,1-4H3;5-8H,4H2,1-3H3;6*1-2H3. The van der Waals surface area contributed by atoms with Crippen molar-refractivity contribution in [3.05, 3.63) is 211 Å². The summed E-state index contributed by atoms with van der Waals surface area (Å²) >= 11 is 0. The molecule has 6 aromatic heterocycles. The van der Waals surface area contributed by atoms with Gasteiger partial charge in [0.2, 0.25) is 0 Å². The van der Waals surface area contributed by atoms with Crippen molar-refractivity contribution in [3.63, 3.8) is 0 Å². The van der Waals surface area contributed by atoms with Crippen LogP contribution in [0.4, 0.5) is 0 Å². The van der Waals surface area contributed by atoms with Gasteiger partial charge in [-0.05, 0) is 257 Å². The summed E-state index contributed by atoms with van der Waals surface area (Å²) in [6.07, 6.45) is 13.9. The van der Waals surface area contributed by atoms with Crippen LogP contribution >= 0.6 is 0 Å². The Labute approximate surface area is 575 Å². The van der Waals surface area contributed by atoms with Crippen LogP contribution in [0.15, 0.2) is 122 Å². The maximum absolute atomic E-state index is 2.31. The summed E-state index contributed by atoms with van der Waals surface area (Å²) in [4.78, 5) is 0. The lowest BCUT2D eigenvalue weighted by atomic mass is 9.85. The van der Waals surface area contributed by atoms with E-state index in [1.165, 1.54) is 154 Å². The summed E-state index contributed by atoms with van der Waals surface area (Å²) in [5.41, 5.74) is 30.8. The van der Waals surface area contributed by atoms with Crippen LogP contribution in [0.3, 0.4) is 0 Å². The second kappa shape index (κ2) is 39.4. The number of benzene rings is 6. The van der Waals surface area contributed by atoms with E-state index in [1.807, 2.05) is 83.1 Å². The fraction of sp³-hybridized carbons (Fsp3) is 0.455. The number of aryl methyl sites for hydroxylation is 17. The average molecular weight is 1280 g/mol. The smallest absolute Gasteiger partial charge is 0.0512 e. The number of nitrogens with zero attached hydrogens (tertiary/aromatic N) is 6. The Morgan fingerprint density at radius 1 is 0.298 bits per heavy atom. The molecule has 0 unspecified atom stereocenters.